The van der Waals surface area contributed by atoms with Gasteiger partial charge in [-0.05, 0) is 85.4 Å². The van der Waals surface area contributed by atoms with Gasteiger partial charge in [-0.15, -0.1) is 0 Å². The monoisotopic (exact) mass is 494 g/mol. The molecule has 0 aliphatic carbocycles. The molecule has 0 saturated heterocycles. The predicted octanol–water partition coefficient (Wildman–Crippen LogP) is 5.33. The molecule has 0 unspecified atom stereocenters. The second kappa shape index (κ2) is 9.72. The topological polar surface area (TPSA) is 51.1 Å². The van der Waals surface area contributed by atoms with Crippen LogP contribution in [0.4, 0.5) is 5.69 Å². The van der Waals surface area contributed by atoms with Crippen molar-refractivity contribution in [1.29, 1.82) is 0 Å². The van der Waals surface area contributed by atoms with Crippen LogP contribution in [0.3, 0.4) is 0 Å². The van der Waals surface area contributed by atoms with Crippen LogP contribution in [0.25, 0.3) is 0 Å². The quantitative estimate of drug-likeness (QED) is 0.530. The van der Waals surface area contributed by atoms with Gasteiger partial charge in [0.2, 0.25) is 0 Å². The number of carbonyl (C=O) groups excluding carboxylic acids is 1. The highest BCUT2D eigenvalue weighted by molar-refractivity contribution is 14.1. The first-order valence-corrected chi connectivity index (χ1v) is 11.2. The van der Waals surface area contributed by atoms with Crippen molar-refractivity contribution >= 4 is 34.2 Å². The van der Waals surface area contributed by atoms with Gasteiger partial charge in [-0.2, -0.15) is 0 Å². The number of amides is 1. The summed E-state index contributed by atoms with van der Waals surface area (Å²) in [5, 5.41) is 3.10. The smallest absolute Gasteiger partial charge is 0.261 e. The fraction of sp³-hybridized carbons (Fsp3) is 0.478. The third kappa shape index (κ3) is 4.50. The van der Waals surface area contributed by atoms with E-state index in [1.807, 2.05) is 18.5 Å². The SMILES string of the molecule is CCCCc1c(C(=O)Nc2c(CC)cc(I)cc2CC)c(=O)c(C)c(C)n1C. The molecule has 4 nitrogen and oxygen atoms in total. The van der Waals surface area contributed by atoms with Crippen LogP contribution in [-0.2, 0) is 26.3 Å². The number of halogens is 1. The van der Waals surface area contributed by atoms with Gasteiger partial charge in [0.1, 0.15) is 5.56 Å². The van der Waals surface area contributed by atoms with Crippen LogP contribution >= 0.6 is 22.6 Å². The Morgan fingerprint density at radius 1 is 1.11 bits per heavy atom. The molecule has 0 fully saturated rings. The number of pyridine rings is 1. The molecule has 0 aliphatic rings. The third-order valence-electron chi connectivity index (χ3n) is 5.57. The van der Waals surface area contributed by atoms with Crippen LogP contribution in [0.2, 0.25) is 0 Å². The number of benzene rings is 1. The average Bonchev–Trinajstić information content (AvgIpc) is 2.68. The van der Waals surface area contributed by atoms with Crippen LogP contribution in [0.15, 0.2) is 16.9 Å². The Balaban J connectivity index is 2.61. The van der Waals surface area contributed by atoms with E-state index >= 15 is 0 Å². The lowest BCUT2D eigenvalue weighted by Crippen LogP contribution is -2.30. The number of hydrogen-bond donors (Lipinski definition) is 1. The van der Waals surface area contributed by atoms with E-state index in [9.17, 15) is 9.59 Å². The van der Waals surface area contributed by atoms with E-state index in [0.29, 0.717) is 11.1 Å². The van der Waals surface area contributed by atoms with Crippen molar-refractivity contribution in [2.75, 3.05) is 5.32 Å². The minimum absolute atomic E-state index is 0.152. The third-order valence-corrected chi connectivity index (χ3v) is 6.19. The Kier molecular flexibility index (Phi) is 7.87. The lowest BCUT2D eigenvalue weighted by molar-refractivity contribution is 0.102. The van der Waals surface area contributed by atoms with Crippen LogP contribution in [0, 0.1) is 17.4 Å². The molecule has 0 radical (unpaired) electrons. The molecule has 1 N–H and O–H groups in total. The molecule has 0 saturated carbocycles. The van der Waals surface area contributed by atoms with Gasteiger partial charge < -0.3 is 9.88 Å². The summed E-state index contributed by atoms with van der Waals surface area (Å²) in [6.45, 7) is 10.0. The van der Waals surface area contributed by atoms with Gasteiger partial charge in [0.05, 0.1) is 0 Å². The number of nitrogens with zero attached hydrogens (tertiary/aromatic N) is 1. The first-order valence-electron chi connectivity index (χ1n) is 10.1. The molecular formula is C23H31IN2O2. The molecule has 1 amide bonds. The van der Waals surface area contributed by atoms with Gasteiger partial charge >= 0.3 is 0 Å². The molecule has 5 heteroatoms. The molecule has 152 valence electrons. The van der Waals surface area contributed by atoms with E-state index in [2.05, 4.69) is 60.8 Å². The summed E-state index contributed by atoms with van der Waals surface area (Å²) in [4.78, 5) is 26.4. The van der Waals surface area contributed by atoms with E-state index in [0.717, 1.165) is 63.9 Å². The molecule has 2 aromatic rings. The maximum atomic E-state index is 13.3. The summed E-state index contributed by atoms with van der Waals surface area (Å²) < 4.78 is 3.17. The second-order valence-corrected chi connectivity index (χ2v) is 8.53. The highest BCUT2D eigenvalue weighted by Gasteiger charge is 2.22. The summed E-state index contributed by atoms with van der Waals surface area (Å²) in [5.74, 6) is -0.291. The maximum absolute atomic E-state index is 13.3. The minimum Gasteiger partial charge on any atom is -0.351 e. The number of rotatable bonds is 7. The molecule has 28 heavy (non-hydrogen) atoms. The van der Waals surface area contributed by atoms with E-state index in [1.54, 1.807) is 6.92 Å². The minimum atomic E-state index is -0.291. The molecule has 0 spiro atoms. The number of anilines is 1. The Bertz CT molecular complexity index is 920. The molecular weight excluding hydrogens is 463 g/mol. The molecule has 1 aromatic heterocycles. The van der Waals surface area contributed by atoms with Crippen molar-refractivity contribution in [3.63, 3.8) is 0 Å². The van der Waals surface area contributed by atoms with Crippen LogP contribution in [0.5, 0.6) is 0 Å². The molecule has 1 heterocycles. The zero-order chi connectivity index (χ0) is 21.0. The Labute approximate surface area is 181 Å². The zero-order valence-corrected chi connectivity index (χ0v) is 20.0. The van der Waals surface area contributed by atoms with E-state index < -0.39 is 0 Å². The Morgan fingerprint density at radius 3 is 2.18 bits per heavy atom. The van der Waals surface area contributed by atoms with Crippen LogP contribution < -0.4 is 10.7 Å². The zero-order valence-electron chi connectivity index (χ0n) is 17.8. The summed E-state index contributed by atoms with van der Waals surface area (Å²) in [6, 6.07) is 4.21. The largest absolute Gasteiger partial charge is 0.351 e. The van der Waals surface area contributed by atoms with Crippen molar-refractivity contribution in [3.05, 3.63) is 59.6 Å². The molecule has 0 atom stereocenters. The van der Waals surface area contributed by atoms with Crippen molar-refractivity contribution in [1.82, 2.24) is 4.57 Å². The van der Waals surface area contributed by atoms with Gasteiger partial charge in [-0.3, -0.25) is 9.59 Å². The van der Waals surface area contributed by atoms with Crippen molar-refractivity contribution in [2.24, 2.45) is 7.05 Å². The van der Waals surface area contributed by atoms with Crippen molar-refractivity contribution < 1.29 is 4.79 Å². The average molecular weight is 494 g/mol. The normalized spacial score (nSPS) is 11.0. The predicted molar refractivity (Wildman–Crippen MR) is 126 cm³/mol. The molecule has 1 aromatic carbocycles. The fourth-order valence-corrected chi connectivity index (χ4v) is 4.35. The molecule has 0 bridgehead atoms. The molecule has 0 aliphatic heterocycles. The van der Waals surface area contributed by atoms with Gasteiger partial charge in [0, 0.05) is 33.3 Å². The van der Waals surface area contributed by atoms with Gasteiger partial charge in [-0.25, -0.2) is 0 Å². The maximum Gasteiger partial charge on any atom is 0.261 e. The van der Waals surface area contributed by atoms with Crippen molar-refractivity contribution in [3.8, 4) is 0 Å². The fourth-order valence-electron chi connectivity index (χ4n) is 3.60. The van der Waals surface area contributed by atoms with Gasteiger partial charge in [0.15, 0.2) is 5.43 Å². The standard InChI is InChI=1S/C23H31IN2O2/c1-7-10-11-19-20(22(27)14(4)15(5)26(19)6)23(28)25-21-16(8-2)12-18(24)13-17(21)9-3/h12-13H,7-11H2,1-6H3,(H,25,28). The number of carbonyl (C=O) groups is 1. The lowest BCUT2D eigenvalue weighted by Gasteiger charge is -2.20. The summed E-state index contributed by atoms with van der Waals surface area (Å²) in [5.41, 5.74) is 5.60. The number of aryl methyl sites for hydroxylation is 2. The van der Waals surface area contributed by atoms with E-state index in [1.165, 1.54) is 0 Å². The van der Waals surface area contributed by atoms with Crippen LogP contribution in [0.1, 0.15) is 72.0 Å². The molecule has 2 rings (SSSR count). The first-order chi connectivity index (χ1) is 13.3. The number of nitrogens with one attached hydrogen (secondary N) is 1. The van der Waals surface area contributed by atoms with Crippen molar-refractivity contribution in [2.45, 2.75) is 66.7 Å². The second-order valence-electron chi connectivity index (χ2n) is 7.28. The van der Waals surface area contributed by atoms with Crippen LogP contribution in [-0.4, -0.2) is 10.5 Å². The lowest BCUT2D eigenvalue weighted by atomic mass is 10.00. The van der Waals surface area contributed by atoms with E-state index in [4.69, 9.17) is 0 Å². The number of hydrogen-bond acceptors (Lipinski definition) is 2. The Morgan fingerprint density at radius 2 is 1.68 bits per heavy atom. The number of unbranched alkanes of at least 4 members (excludes halogenated alkanes) is 1. The van der Waals surface area contributed by atoms with Gasteiger partial charge in [-0.1, -0.05) is 27.2 Å². The van der Waals surface area contributed by atoms with Gasteiger partial charge in [0.25, 0.3) is 5.91 Å². The summed E-state index contributed by atoms with van der Waals surface area (Å²) in [6.07, 6.45) is 4.33. The first kappa shape index (κ1) is 22.7. The van der Waals surface area contributed by atoms with E-state index in [-0.39, 0.29) is 11.3 Å². The Hall–Kier alpha value is -1.63. The highest BCUT2D eigenvalue weighted by atomic mass is 127. The summed E-state index contributed by atoms with van der Waals surface area (Å²) in [7, 11) is 1.95. The highest BCUT2D eigenvalue weighted by Crippen LogP contribution is 2.27. The summed E-state index contributed by atoms with van der Waals surface area (Å²) >= 11 is 2.31. The number of aromatic nitrogens is 1.